The van der Waals surface area contributed by atoms with E-state index in [1.165, 1.54) is 11.6 Å². The molecule has 0 saturated heterocycles. The zero-order chi connectivity index (χ0) is 17.5. The normalized spacial score (nSPS) is 10.3. The Hall–Kier alpha value is -2.76. The SMILES string of the molecule is CCOc1cc(NCc2ccc(C)cc2)c([N+](=O)[O-])cc1OCC. The lowest BCUT2D eigenvalue weighted by Crippen LogP contribution is -2.05. The largest absolute Gasteiger partial charge is 0.490 e. The maximum absolute atomic E-state index is 11.4. The van der Waals surface area contributed by atoms with Gasteiger partial charge in [0.2, 0.25) is 0 Å². The van der Waals surface area contributed by atoms with Crippen molar-refractivity contribution in [1.29, 1.82) is 0 Å². The van der Waals surface area contributed by atoms with Crippen LogP contribution in [0.1, 0.15) is 25.0 Å². The summed E-state index contributed by atoms with van der Waals surface area (Å²) in [5, 5.41) is 14.5. The van der Waals surface area contributed by atoms with Crippen LogP contribution in [0.4, 0.5) is 11.4 Å². The highest BCUT2D eigenvalue weighted by atomic mass is 16.6. The van der Waals surface area contributed by atoms with Gasteiger partial charge in [0.05, 0.1) is 24.2 Å². The first-order valence-corrected chi connectivity index (χ1v) is 7.92. The molecule has 0 aliphatic heterocycles. The third-order valence-electron chi connectivity index (χ3n) is 3.46. The molecule has 0 saturated carbocycles. The van der Waals surface area contributed by atoms with Crippen molar-refractivity contribution in [3.05, 3.63) is 57.6 Å². The van der Waals surface area contributed by atoms with Gasteiger partial charge in [-0.25, -0.2) is 0 Å². The Morgan fingerprint density at radius 1 is 1.04 bits per heavy atom. The van der Waals surface area contributed by atoms with E-state index in [2.05, 4.69) is 5.32 Å². The molecule has 6 nitrogen and oxygen atoms in total. The molecule has 0 amide bonds. The van der Waals surface area contributed by atoms with Gasteiger partial charge in [0.25, 0.3) is 5.69 Å². The quantitative estimate of drug-likeness (QED) is 0.576. The molecule has 0 aliphatic rings. The van der Waals surface area contributed by atoms with Crippen LogP contribution in [0.2, 0.25) is 0 Å². The van der Waals surface area contributed by atoms with Crippen LogP contribution in [0.5, 0.6) is 11.5 Å². The molecule has 0 atom stereocenters. The number of hydrogen-bond donors (Lipinski definition) is 1. The highest BCUT2D eigenvalue weighted by molar-refractivity contribution is 5.68. The standard InChI is InChI=1S/C18H22N2O4/c1-4-23-17-10-15(16(20(21)22)11-18(17)24-5-2)19-12-14-8-6-13(3)7-9-14/h6-11,19H,4-5,12H2,1-3H3. The summed E-state index contributed by atoms with van der Waals surface area (Å²) in [5.74, 6) is 0.878. The molecular weight excluding hydrogens is 308 g/mol. The van der Waals surface area contributed by atoms with Gasteiger partial charge in [-0.3, -0.25) is 10.1 Å². The van der Waals surface area contributed by atoms with Gasteiger partial charge in [-0.2, -0.15) is 0 Å². The molecular formula is C18H22N2O4. The maximum atomic E-state index is 11.4. The Morgan fingerprint density at radius 2 is 1.62 bits per heavy atom. The van der Waals surface area contributed by atoms with E-state index in [1.54, 1.807) is 6.07 Å². The molecule has 128 valence electrons. The van der Waals surface area contributed by atoms with Crippen molar-refractivity contribution in [2.75, 3.05) is 18.5 Å². The first kappa shape index (κ1) is 17.6. The average molecular weight is 330 g/mol. The molecule has 0 unspecified atom stereocenters. The molecule has 2 rings (SSSR count). The van der Waals surface area contributed by atoms with Crippen LogP contribution in [0.3, 0.4) is 0 Å². The number of nitro groups is 1. The van der Waals surface area contributed by atoms with Crippen molar-refractivity contribution in [2.24, 2.45) is 0 Å². The minimum atomic E-state index is -0.421. The van der Waals surface area contributed by atoms with E-state index in [1.807, 2.05) is 45.0 Å². The lowest BCUT2D eigenvalue weighted by Gasteiger charge is -2.14. The molecule has 0 heterocycles. The van der Waals surface area contributed by atoms with Crippen molar-refractivity contribution in [3.63, 3.8) is 0 Å². The number of nitrogens with zero attached hydrogens (tertiary/aromatic N) is 1. The van der Waals surface area contributed by atoms with Crippen LogP contribution in [-0.2, 0) is 6.54 Å². The van der Waals surface area contributed by atoms with Crippen molar-refractivity contribution in [3.8, 4) is 11.5 Å². The second-order valence-corrected chi connectivity index (χ2v) is 5.28. The van der Waals surface area contributed by atoms with Gasteiger partial charge in [0.15, 0.2) is 11.5 Å². The van der Waals surface area contributed by atoms with E-state index in [-0.39, 0.29) is 5.69 Å². The highest BCUT2D eigenvalue weighted by Gasteiger charge is 2.20. The van der Waals surface area contributed by atoms with Gasteiger partial charge < -0.3 is 14.8 Å². The van der Waals surface area contributed by atoms with Gasteiger partial charge >= 0.3 is 0 Å². The molecule has 0 radical (unpaired) electrons. The van der Waals surface area contributed by atoms with Crippen LogP contribution < -0.4 is 14.8 Å². The van der Waals surface area contributed by atoms with Crippen molar-refractivity contribution in [2.45, 2.75) is 27.3 Å². The number of anilines is 1. The summed E-state index contributed by atoms with van der Waals surface area (Å²) in [4.78, 5) is 11.0. The fourth-order valence-corrected chi connectivity index (χ4v) is 2.28. The van der Waals surface area contributed by atoms with Crippen molar-refractivity contribution < 1.29 is 14.4 Å². The predicted octanol–water partition coefficient (Wildman–Crippen LogP) is 4.31. The molecule has 1 N–H and O–H groups in total. The number of rotatable bonds is 8. The summed E-state index contributed by atoms with van der Waals surface area (Å²) < 4.78 is 11.0. The van der Waals surface area contributed by atoms with Crippen molar-refractivity contribution in [1.82, 2.24) is 0 Å². The minimum Gasteiger partial charge on any atom is -0.490 e. The summed E-state index contributed by atoms with van der Waals surface area (Å²) in [6.07, 6.45) is 0. The van der Waals surface area contributed by atoms with Gasteiger partial charge in [0.1, 0.15) is 5.69 Å². The molecule has 2 aromatic rings. The molecule has 0 aromatic heterocycles. The third-order valence-corrected chi connectivity index (χ3v) is 3.46. The Bertz CT molecular complexity index is 699. The number of hydrogen-bond acceptors (Lipinski definition) is 5. The molecule has 6 heteroatoms. The van der Waals surface area contributed by atoms with Gasteiger partial charge in [0, 0.05) is 12.6 Å². The van der Waals surface area contributed by atoms with Gasteiger partial charge in [-0.15, -0.1) is 0 Å². The van der Waals surface area contributed by atoms with Crippen LogP contribution in [0.25, 0.3) is 0 Å². The Balaban J connectivity index is 2.30. The van der Waals surface area contributed by atoms with Crippen molar-refractivity contribution >= 4 is 11.4 Å². The fourth-order valence-electron chi connectivity index (χ4n) is 2.28. The van der Waals surface area contributed by atoms with E-state index >= 15 is 0 Å². The maximum Gasteiger partial charge on any atom is 0.296 e. The Morgan fingerprint density at radius 3 is 2.17 bits per heavy atom. The second-order valence-electron chi connectivity index (χ2n) is 5.28. The first-order valence-electron chi connectivity index (χ1n) is 7.92. The predicted molar refractivity (Wildman–Crippen MR) is 93.9 cm³/mol. The van der Waals surface area contributed by atoms with E-state index in [0.717, 1.165) is 5.56 Å². The van der Waals surface area contributed by atoms with E-state index in [4.69, 9.17) is 9.47 Å². The van der Waals surface area contributed by atoms with Gasteiger partial charge in [-0.05, 0) is 26.3 Å². The molecule has 0 fully saturated rings. The summed E-state index contributed by atoms with van der Waals surface area (Å²) in [6.45, 7) is 7.05. The summed E-state index contributed by atoms with van der Waals surface area (Å²) in [6, 6.07) is 11.0. The van der Waals surface area contributed by atoms with Crippen LogP contribution in [-0.4, -0.2) is 18.1 Å². The monoisotopic (exact) mass is 330 g/mol. The lowest BCUT2D eigenvalue weighted by atomic mass is 10.1. The lowest BCUT2D eigenvalue weighted by molar-refractivity contribution is -0.384. The third kappa shape index (κ3) is 4.38. The van der Waals surface area contributed by atoms with Crippen LogP contribution in [0.15, 0.2) is 36.4 Å². The minimum absolute atomic E-state index is 0.0333. The smallest absolute Gasteiger partial charge is 0.296 e. The van der Waals surface area contributed by atoms with Crippen LogP contribution in [0, 0.1) is 17.0 Å². The van der Waals surface area contributed by atoms with Crippen LogP contribution >= 0.6 is 0 Å². The number of nitrogens with one attached hydrogen (secondary N) is 1. The molecule has 0 bridgehead atoms. The number of ether oxygens (including phenoxy) is 2. The highest BCUT2D eigenvalue weighted by Crippen LogP contribution is 2.38. The fraction of sp³-hybridized carbons (Fsp3) is 0.333. The Labute approximate surface area is 141 Å². The average Bonchev–Trinajstić information content (AvgIpc) is 2.56. The zero-order valence-corrected chi connectivity index (χ0v) is 14.2. The molecule has 2 aromatic carbocycles. The summed E-state index contributed by atoms with van der Waals surface area (Å²) in [7, 11) is 0. The molecule has 0 spiro atoms. The topological polar surface area (TPSA) is 73.6 Å². The second kappa shape index (κ2) is 8.19. The van der Waals surface area contributed by atoms with E-state index in [0.29, 0.717) is 36.9 Å². The molecule has 0 aliphatic carbocycles. The zero-order valence-electron chi connectivity index (χ0n) is 14.2. The molecule has 24 heavy (non-hydrogen) atoms. The van der Waals surface area contributed by atoms with E-state index in [9.17, 15) is 10.1 Å². The number of benzene rings is 2. The number of aryl methyl sites for hydroxylation is 1. The summed E-state index contributed by atoms with van der Waals surface area (Å²) >= 11 is 0. The summed E-state index contributed by atoms with van der Waals surface area (Å²) in [5.41, 5.74) is 2.59. The first-order chi connectivity index (χ1) is 11.5. The number of nitro benzene ring substituents is 1. The van der Waals surface area contributed by atoms with Gasteiger partial charge in [-0.1, -0.05) is 29.8 Å². The Kier molecular flexibility index (Phi) is 6.01. The van der Waals surface area contributed by atoms with E-state index < -0.39 is 4.92 Å².